The largest absolute Gasteiger partial charge is 0.468 e. The van der Waals surface area contributed by atoms with Crippen LogP contribution in [0.4, 0.5) is 4.79 Å². The summed E-state index contributed by atoms with van der Waals surface area (Å²) in [5.74, 6) is -0.926. The van der Waals surface area contributed by atoms with Crippen molar-refractivity contribution in [3.63, 3.8) is 0 Å². The first-order chi connectivity index (χ1) is 9.04. The Kier molecular flexibility index (Phi) is 6.65. The number of ether oxygens (including phenoxy) is 1. The molecule has 0 saturated carbocycles. The molecule has 0 radical (unpaired) electrons. The monoisotopic (exact) mass is 289 g/mol. The van der Waals surface area contributed by atoms with Crippen LogP contribution in [0.1, 0.15) is 12.8 Å². The van der Waals surface area contributed by atoms with Crippen molar-refractivity contribution >= 4 is 29.7 Å². The first-order valence-electron chi connectivity index (χ1n) is 6.08. The molecule has 8 heteroatoms. The number of amides is 2. The smallest absolute Gasteiger partial charge is 0.325 e. The van der Waals surface area contributed by atoms with Crippen LogP contribution in [0.2, 0.25) is 0 Å². The number of rotatable bonds is 5. The van der Waals surface area contributed by atoms with Gasteiger partial charge in [-0.25, -0.2) is 0 Å². The molecule has 1 aliphatic rings. The van der Waals surface area contributed by atoms with Crippen molar-refractivity contribution in [1.29, 1.82) is 0 Å². The normalized spacial score (nSPS) is 15.7. The second-order valence-electron chi connectivity index (χ2n) is 4.24. The van der Waals surface area contributed by atoms with E-state index in [4.69, 9.17) is 0 Å². The molecule has 0 aromatic carbocycles. The zero-order valence-electron chi connectivity index (χ0n) is 10.8. The Morgan fingerprint density at radius 3 is 2.53 bits per heavy atom. The van der Waals surface area contributed by atoms with Crippen LogP contribution in [-0.4, -0.2) is 61.3 Å². The molecule has 1 heterocycles. The minimum absolute atomic E-state index is 0.00938. The van der Waals surface area contributed by atoms with Gasteiger partial charge in [0.05, 0.1) is 7.11 Å². The molecule has 0 aromatic heterocycles. The predicted octanol–water partition coefficient (Wildman–Crippen LogP) is -0.621. The maximum Gasteiger partial charge on any atom is 0.325 e. The predicted molar refractivity (Wildman–Crippen MR) is 72.0 cm³/mol. The molecule has 0 atom stereocenters. The third kappa shape index (κ3) is 5.48. The number of carbonyl (C=O) groups excluding carboxylic acids is 3. The number of methoxy groups -OCH3 is 1. The quantitative estimate of drug-likeness (QED) is 0.464. The summed E-state index contributed by atoms with van der Waals surface area (Å²) in [6.45, 7) is 1.33. The van der Waals surface area contributed by atoms with Gasteiger partial charge in [-0.15, -0.1) is 0 Å². The summed E-state index contributed by atoms with van der Waals surface area (Å²) >= 11 is 3.80. The van der Waals surface area contributed by atoms with E-state index < -0.39 is 17.1 Å². The molecule has 7 nitrogen and oxygen atoms in total. The van der Waals surface area contributed by atoms with Crippen LogP contribution in [0.3, 0.4) is 0 Å². The van der Waals surface area contributed by atoms with Crippen LogP contribution in [0.15, 0.2) is 0 Å². The van der Waals surface area contributed by atoms with Crippen LogP contribution < -0.4 is 10.6 Å². The van der Waals surface area contributed by atoms with Gasteiger partial charge in [-0.2, -0.15) is 0 Å². The van der Waals surface area contributed by atoms with Crippen LogP contribution in [0, 0.1) is 0 Å². The Labute approximate surface area is 117 Å². The summed E-state index contributed by atoms with van der Waals surface area (Å²) in [5.41, 5.74) is 0. The fourth-order valence-electron chi connectivity index (χ4n) is 1.92. The molecule has 2 N–H and O–H groups in total. The summed E-state index contributed by atoms with van der Waals surface area (Å²) in [7, 11) is 1.24. The fourth-order valence-corrected chi connectivity index (χ4v) is 2.16. The van der Waals surface area contributed by atoms with Crippen molar-refractivity contribution in [2.24, 2.45) is 0 Å². The number of carbonyl (C=O) groups is 3. The summed E-state index contributed by atoms with van der Waals surface area (Å²) < 4.78 is 4.41. The van der Waals surface area contributed by atoms with Crippen LogP contribution in [-0.2, 0) is 14.3 Å². The van der Waals surface area contributed by atoms with E-state index in [1.807, 2.05) is 0 Å². The number of nitrogens with zero attached hydrogens (tertiary/aromatic N) is 1. The lowest BCUT2D eigenvalue weighted by atomic mass is 10.1. The minimum Gasteiger partial charge on any atom is -0.468 e. The van der Waals surface area contributed by atoms with Gasteiger partial charge < -0.3 is 20.3 Å². The third-order valence-electron chi connectivity index (χ3n) is 2.97. The Morgan fingerprint density at radius 2 is 2.00 bits per heavy atom. The van der Waals surface area contributed by atoms with E-state index in [0.29, 0.717) is 0 Å². The highest BCUT2D eigenvalue weighted by molar-refractivity contribution is 7.96. The van der Waals surface area contributed by atoms with Crippen molar-refractivity contribution in [1.82, 2.24) is 15.5 Å². The minimum atomic E-state index is -0.529. The highest BCUT2D eigenvalue weighted by Gasteiger charge is 2.25. The first-order valence-corrected chi connectivity index (χ1v) is 6.53. The van der Waals surface area contributed by atoms with E-state index in [0.717, 1.165) is 25.9 Å². The molecule has 2 amide bonds. The second kappa shape index (κ2) is 8.00. The molecule has 1 aliphatic heterocycles. The van der Waals surface area contributed by atoms with Gasteiger partial charge in [-0.3, -0.25) is 14.4 Å². The van der Waals surface area contributed by atoms with E-state index in [1.54, 1.807) is 0 Å². The summed E-state index contributed by atoms with van der Waals surface area (Å²) in [6.07, 6.45) is 1.58. The number of esters is 1. The maximum atomic E-state index is 11.7. The third-order valence-corrected chi connectivity index (χ3v) is 3.22. The van der Waals surface area contributed by atoms with E-state index in [9.17, 15) is 14.4 Å². The molecule has 0 aliphatic carbocycles. The Bertz CT molecular complexity index is 345. The standard InChI is InChI=1S/C11H19N3O4S/c1-18-10(16)6-13-9(15)7-14(11(17)19)8-2-4-12-5-3-8/h8,12H,2-7H2,1H3,(H,13,15)(H,17,19). The SMILES string of the molecule is COC(=O)CNC(=O)CN(C(=O)S)C1CCNCC1. The van der Waals surface area contributed by atoms with Crippen molar-refractivity contribution in [2.75, 3.05) is 33.3 Å². The Balaban J connectivity index is 2.46. The first kappa shape index (κ1) is 15.8. The van der Waals surface area contributed by atoms with Crippen molar-refractivity contribution < 1.29 is 19.1 Å². The maximum absolute atomic E-state index is 11.7. The number of nitrogens with one attached hydrogen (secondary N) is 2. The van der Waals surface area contributed by atoms with Crippen molar-refractivity contribution in [3.05, 3.63) is 0 Å². The van der Waals surface area contributed by atoms with Gasteiger partial charge in [0.15, 0.2) is 0 Å². The molecule has 0 spiro atoms. The van der Waals surface area contributed by atoms with E-state index in [1.165, 1.54) is 12.0 Å². The summed E-state index contributed by atoms with van der Waals surface area (Å²) in [6, 6.07) is 0.00938. The lowest BCUT2D eigenvalue weighted by Crippen LogP contribution is -2.49. The van der Waals surface area contributed by atoms with Crippen molar-refractivity contribution in [2.45, 2.75) is 18.9 Å². The molecular weight excluding hydrogens is 270 g/mol. The zero-order chi connectivity index (χ0) is 14.3. The van der Waals surface area contributed by atoms with Gasteiger partial charge in [0.2, 0.25) is 5.91 Å². The van der Waals surface area contributed by atoms with E-state index in [2.05, 4.69) is 28.0 Å². The molecule has 0 unspecified atom stereocenters. The van der Waals surface area contributed by atoms with Gasteiger partial charge >= 0.3 is 5.97 Å². The summed E-state index contributed by atoms with van der Waals surface area (Å²) in [5, 5.41) is 5.16. The van der Waals surface area contributed by atoms with Crippen LogP contribution in [0.25, 0.3) is 0 Å². The van der Waals surface area contributed by atoms with Crippen LogP contribution >= 0.6 is 12.6 Å². The van der Waals surface area contributed by atoms with Gasteiger partial charge in [-0.05, 0) is 25.9 Å². The second-order valence-corrected chi connectivity index (χ2v) is 4.63. The molecule has 1 rings (SSSR count). The molecule has 108 valence electrons. The van der Waals surface area contributed by atoms with Gasteiger partial charge in [0.1, 0.15) is 13.1 Å². The zero-order valence-corrected chi connectivity index (χ0v) is 11.7. The highest BCUT2D eigenvalue weighted by atomic mass is 32.1. The average molecular weight is 289 g/mol. The summed E-state index contributed by atoms with van der Waals surface area (Å²) in [4.78, 5) is 35.5. The Hall–Kier alpha value is -1.28. The molecule has 19 heavy (non-hydrogen) atoms. The molecule has 0 aromatic rings. The van der Waals surface area contributed by atoms with Gasteiger partial charge in [-0.1, -0.05) is 12.6 Å². The van der Waals surface area contributed by atoms with Crippen molar-refractivity contribution in [3.8, 4) is 0 Å². The molecule has 1 fully saturated rings. The lowest BCUT2D eigenvalue weighted by Gasteiger charge is -2.32. The lowest BCUT2D eigenvalue weighted by molar-refractivity contribution is -0.141. The fraction of sp³-hybridized carbons (Fsp3) is 0.727. The molecular formula is C11H19N3O4S. The van der Waals surface area contributed by atoms with Gasteiger partial charge in [0.25, 0.3) is 5.24 Å². The van der Waals surface area contributed by atoms with E-state index in [-0.39, 0.29) is 19.1 Å². The number of hydrogen-bond acceptors (Lipinski definition) is 5. The van der Waals surface area contributed by atoms with E-state index >= 15 is 0 Å². The Morgan fingerprint density at radius 1 is 1.37 bits per heavy atom. The average Bonchev–Trinajstić information content (AvgIpc) is 2.42. The van der Waals surface area contributed by atoms with Crippen LogP contribution in [0.5, 0.6) is 0 Å². The molecule has 1 saturated heterocycles. The highest BCUT2D eigenvalue weighted by Crippen LogP contribution is 2.13. The number of hydrogen-bond donors (Lipinski definition) is 3. The molecule has 0 bridgehead atoms. The number of thiol groups is 1. The van der Waals surface area contributed by atoms with Gasteiger partial charge in [0, 0.05) is 6.04 Å². The topological polar surface area (TPSA) is 87.7 Å². The number of piperidine rings is 1.